The van der Waals surface area contributed by atoms with Crippen molar-refractivity contribution in [3.05, 3.63) is 78.6 Å². The molecule has 0 aliphatic rings. The number of carbonyl (C=O) groups is 1. The molecule has 0 radical (unpaired) electrons. The molecule has 0 aromatic heterocycles. The molecule has 9 heteroatoms. The minimum atomic E-state index is -3.86. The molecule has 0 heterocycles. The van der Waals surface area contributed by atoms with Gasteiger partial charge in [-0.25, -0.2) is 12.8 Å². The lowest BCUT2D eigenvalue weighted by Crippen LogP contribution is -2.30. The topological polar surface area (TPSA) is 93.7 Å². The van der Waals surface area contributed by atoms with Crippen LogP contribution in [0.25, 0.3) is 0 Å². The van der Waals surface area contributed by atoms with Gasteiger partial charge in [0.25, 0.3) is 15.9 Å². The summed E-state index contributed by atoms with van der Waals surface area (Å²) in [6.07, 6.45) is -0.820. The number of benzene rings is 3. The molecule has 162 valence electrons. The summed E-state index contributed by atoms with van der Waals surface area (Å²) in [4.78, 5) is 12.4. The Balaban J connectivity index is 1.64. The van der Waals surface area contributed by atoms with E-state index in [1.165, 1.54) is 43.5 Å². The maximum atomic E-state index is 13.0. The summed E-state index contributed by atoms with van der Waals surface area (Å²) >= 11 is 0. The molecule has 0 aliphatic heterocycles. The second kappa shape index (κ2) is 9.48. The number of halogens is 1. The van der Waals surface area contributed by atoms with E-state index in [2.05, 4.69) is 10.0 Å². The zero-order valence-corrected chi connectivity index (χ0v) is 17.6. The van der Waals surface area contributed by atoms with Gasteiger partial charge >= 0.3 is 0 Å². The minimum Gasteiger partial charge on any atom is -0.493 e. The van der Waals surface area contributed by atoms with Crippen molar-refractivity contribution in [3.8, 4) is 11.5 Å². The van der Waals surface area contributed by atoms with E-state index in [1.54, 1.807) is 31.2 Å². The molecule has 7 nitrogen and oxygen atoms in total. The smallest absolute Gasteiger partial charge is 0.265 e. The lowest BCUT2D eigenvalue weighted by atomic mass is 10.3. The van der Waals surface area contributed by atoms with Gasteiger partial charge in [0.05, 0.1) is 12.0 Å². The van der Waals surface area contributed by atoms with Gasteiger partial charge in [-0.2, -0.15) is 0 Å². The molecule has 0 aliphatic carbocycles. The van der Waals surface area contributed by atoms with Crippen LogP contribution in [0, 0.1) is 5.82 Å². The highest BCUT2D eigenvalue weighted by Crippen LogP contribution is 2.27. The number of para-hydroxylation sites is 2. The Morgan fingerprint density at radius 2 is 1.48 bits per heavy atom. The standard InChI is InChI=1S/C22H21FN2O5S/c1-15(30-21-6-4-3-5-20(21)29-2)22(26)24-17-11-13-19(14-12-17)31(27,28)25-18-9-7-16(23)8-10-18/h3-15,25H,1-2H3,(H,24,26)/t15-/m1/s1. The Bertz CT molecular complexity index is 1150. The number of methoxy groups -OCH3 is 1. The lowest BCUT2D eigenvalue weighted by Gasteiger charge is -2.16. The first kappa shape index (κ1) is 22.1. The SMILES string of the molecule is COc1ccccc1O[C@H](C)C(=O)Nc1ccc(S(=O)(=O)Nc2ccc(F)cc2)cc1. The van der Waals surface area contributed by atoms with Crippen molar-refractivity contribution in [2.75, 3.05) is 17.1 Å². The van der Waals surface area contributed by atoms with Crippen molar-refractivity contribution in [2.24, 2.45) is 0 Å². The van der Waals surface area contributed by atoms with Gasteiger partial charge in [-0.05, 0) is 67.6 Å². The van der Waals surface area contributed by atoms with E-state index in [4.69, 9.17) is 9.47 Å². The summed E-state index contributed by atoms with van der Waals surface area (Å²) in [6, 6.07) is 17.6. The molecule has 3 rings (SSSR count). The van der Waals surface area contributed by atoms with Gasteiger partial charge < -0.3 is 14.8 Å². The second-order valence-electron chi connectivity index (χ2n) is 6.54. The predicted octanol–water partition coefficient (Wildman–Crippen LogP) is 4.04. The van der Waals surface area contributed by atoms with Crippen LogP contribution >= 0.6 is 0 Å². The molecule has 3 aromatic rings. The minimum absolute atomic E-state index is 0.00635. The van der Waals surface area contributed by atoms with E-state index >= 15 is 0 Å². The number of ether oxygens (including phenoxy) is 2. The first-order valence-corrected chi connectivity index (χ1v) is 10.8. The van der Waals surface area contributed by atoms with Crippen LogP contribution in [-0.4, -0.2) is 27.5 Å². The van der Waals surface area contributed by atoms with E-state index in [1.807, 2.05) is 0 Å². The third-order valence-corrected chi connectivity index (χ3v) is 5.67. The van der Waals surface area contributed by atoms with E-state index in [0.717, 1.165) is 12.1 Å². The molecule has 1 atom stereocenters. The van der Waals surface area contributed by atoms with Crippen molar-refractivity contribution in [1.82, 2.24) is 0 Å². The molecule has 2 N–H and O–H groups in total. The fourth-order valence-electron chi connectivity index (χ4n) is 2.65. The van der Waals surface area contributed by atoms with Crippen molar-refractivity contribution in [3.63, 3.8) is 0 Å². The molecule has 0 bridgehead atoms. The van der Waals surface area contributed by atoms with Crippen LogP contribution in [0.3, 0.4) is 0 Å². The summed E-state index contributed by atoms with van der Waals surface area (Å²) < 4.78 is 51.1. The Morgan fingerprint density at radius 3 is 2.10 bits per heavy atom. The van der Waals surface area contributed by atoms with Crippen LogP contribution in [0.5, 0.6) is 11.5 Å². The molecule has 31 heavy (non-hydrogen) atoms. The van der Waals surface area contributed by atoms with Gasteiger partial charge in [0.1, 0.15) is 5.82 Å². The molecule has 0 fully saturated rings. The van der Waals surface area contributed by atoms with Crippen LogP contribution in [-0.2, 0) is 14.8 Å². The van der Waals surface area contributed by atoms with Crippen molar-refractivity contribution >= 4 is 27.3 Å². The fraction of sp³-hybridized carbons (Fsp3) is 0.136. The van der Waals surface area contributed by atoms with Crippen molar-refractivity contribution in [2.45, 2.75) is 17.9 Å². The Labute approximate surface area is 179 Å². The monoisotopic (exact) mass is 444 g/mol. The maximum absolute atomic E-state index is 13.0. The molecular weight excluding hydrogens is 423 g/mol. The van der Waals surface area contributed by atoms with E-state index in [0.29, 0.717) is 17.2 Å². The zero-order valence-electron chi connectivity index (χ0n) is 16.8. The van der Waals surface area contributed by atoms with Crippen molar-refractivity contribution < 1.29 is 27.1 Å². The highest BCUT2D eigenvalue weighted by atomic mass is 32.2. The molecule has 0 spiro atoms. The summed E-state index contributed by atoms with van der Waals surface area (Å²) in [7, 11) is -2.35. The predicted molar refractivity (Wildman–Crippen MR) is 115 cm³/mol. The second-order valence-corrected chi connectivity index (χ2v) is 8.22. The highest BCUT2D eigenvalue weighted by molar-refractivity contribution is 7.92. The number of hydrogen-bond acceptors (Lipinski definition) is 5. The summed E-state index contributed by atoms with van der Waals surface area (Å²) in [5.41, 5.74) is 0.641. The largest absolute Gasteiger partial charge is 0.493 e. The number of sulfonamides is 1. The molecule has 0 saturated heterocycles. The van der Waals surface area contributed by atoms with Crippen LogP contribution in [0.2, 0.25) is 0 Å². The van der Waals surface area contributed by atoms with Crippen LogP contribution in [0.4, 0.5) is 15.8 Å². The molecule has 3 aromatic carbocycles. The van der Waals surface area contributed by atoms with Crippen LogP contribution in [0.1, 0.15) is 6.92 Å². The van der Waals surface area contributed by atoms with Gasteiger partial charge in [0.2, 0.25) is 0 Å². The van der Waals surface area contributed by atoms with Crippen molar-refractivity contribution in [1.29, 1.82) is 0 Å². The summed E-state index contributed by atoms with van der Waals surface area (Å²) in [5.74, 6) is 0.0595. The van der Waals surface area contributed by atoms with Gasteiger partial charge in [-0.1, -0.05) is 12.1 Å². The number of anilines is 2. The number of carbonyl (C=O) groups excluding carboxylic acids is 1. The molecule has 1 amide bonds. The fourth-order valence-corrected chi connectivity index (χ4v) is 3.71. The average molecular weight is 444 g/mol. The van der Waals surface area contributed by atoms with Crippen LogP contribution < -0.4 is 19.5 Å². The van der Waals surface area contributed by atoms with E-state index in [-0.39, 0.29) is 10.6 Å². The molecule has 0 unspecified atom stereocenters. The van der Waals surface area contributed by atoms with Gasteiger partial charge in [-0.3, -0.25) is 9.52 Å². The molecule has 0 saturated carbocycles. The van der Waals surface area contributed by atoms with Gasteiger partial charge in [0.15, 0.2) is 17.6 Å². The quantitative estimate of drug-likeness (QED) is 0.547. The number of nitrogens with one attached hydrogen (secondary N) is 2. The average Bonchev–Trinajstić information content (AvgIpc) is 2.76. The Morgan fingerprint density at radius 1 is 0.903 bits per heavy atom. The van der Waals surface area contributed by atoms with E-state index < -0.39 is 27.9 Å². The lowest BCUT2D eigenvalue weighted by molar-refractivity contribution is -0.122. The van der Waals surface area contributed by atoms with E-state index in [9.17, 15) is 17.6 Å². The Hall–Kier alpha value is -3.59. The molecular formula is C22H21FN2O5S. The maximum Gasteiger partial charge on any atom is 0.265 e. The summed E-state index contributed by atoms with van der Waals surface area (Å²) in [5, 5.41) is 2.67. The van der Waals surface area contributed by atoms with Gasteiger partial charge in [0, 0.05) is 11.4 Å². The number of hydrogen-bond donors (Lipinski definition) is 2. The number of rotatable bonds is 8. The number of amides is 1. The van der Waals surface area contributed by atoms with Gasteiger partial charge in [-0.15, -0.1) is 0 Å². The summed E-state index contributed by atoms with van der Waals surface area (Å²) in [6.45, 7) is 1.59. The third kappa shape index (κ3) is 5.73. The third-order valence-electron chi connectivity index (χ3n) is 4.27. The zero-order chi connectivity index (χ0) is 22.4. The first-order valence-electron chi connectivity index (χ1n) is 9.27. The highest BCUT2D eigenvalue weighted by Gasteiger charge is 2.18. The normalized spacial score (nSPS) is 12.0. The first-order chi connectivity index (χ1) is 14.8. The van der Waals surface area contributed by atoms with Crippen LogP contribution in [0.15, 0.2) is 77.7 Å². The Kier molecular flexibility index (Phi) is 6.76.